The van der Waals surface area contributed by atoms with Crippen LogP contribution in [0.1, 0.15) is 11.5 Å². The third kappa shape index (κ3) is 1.88. The summed E-state index contributed by atoms with van der Waals surface area (Å²) in [6.07, 6.45) is 5.02. The molecule has 1 aromatic rings. The lowest BCUT2D eigenvalue weighted by molar-refractivity contribution is 0.635. The van der Waals surface area contributed by atoms with Gasteiger partial charge in [0, 0.05) is 5.92 Å². The molecule has 1 radical (unpaired) electrons. The first kappa shape index (κ1) is 9.47. The zero-order valence-electron chi connectivity index (χ0n) is 7.45. The minimum absolute atomic E-state index is 0.00120. The van der Waals surface area contributed by atoms with Crippen LogP contribution >= 0.6 is 11.6 Å². The Labute approximate surface area is 87.7 Å². The van der Waals surface area contributed by atoms with Gasteiger partial charge < -0.3 is 0 Å². The fourth-order valence-corrected chi connectivity index (χ4v) is 1.58. The Hall–Kier alpha value is -1.08. The van der Waals surface area contributed by atoms with E-state index < -0.39 is 0 Å². The van der Waals surface area contributed by atoms with Crippen LogP contribution in [0.4, 0.5) is 4.39 Å². The van der Waals surface area contributed by atoms with Crippen molar-refractivity contribution in [2.24, 2.45) is 0 Å². The molecule has 2 heteroatoms. The van der Waals surface area contributed by atoms with E-state index in [0.29, 0.717) is 0 Å². The number of rotatable bonds is 1. The summed E-state index contributed by atoms with van der Waals surface area (Å²) in [6.45, 7) is 0. The zero-order valence-corrected chi connectivity index (χ0v) is 8.21. The van der Waals surface area contributed by atoms with Crippen LogP contribution in [-0.4, -0.2) is 0 Å². The summed E-state index contributed by atoms with van der Waals surface area (Å²) >= 11 is 5.61. The highest BCUT2D eigenvalue weighted by Gasteiger charge is 2.17. The first-order chi connectivity index (χ1) is 6.77. The maximum atomic E-state index is 13.2. The molecule has 1 aliphatic carbocycles. The highest BCUT2D eigenvalue weighted by Crippen LogP contribution is 2.32. The van der Waals surface area contributed by atoms with Crippen LogP contribution in [0, 0.1) is 5.38 Å². The Balaban J connectivity index is 2.26. The van der Waals surface area contributed by atoms with E-state index in [1.165, 1.54) is 6.08 Å². The lowest BCUT2D eigenvalue weighted by Gasteiger charge is -2.14. The molecular formula is C12H9ClF. The standard InChI is InChI=1S/C12H9ClF/c13-11-7-6-10(8-12(11)14)9-4-2-1-3-5-9/h1-8,10H. The molecule has 71 valence electrons. The van der Waals surface area contributed by atoms with E-state index in [1.807, 2.05) is 36.4 Å². The molecule has 0 fully saturated rings. The van der Waals surface area contributed by atoms with E-state index in [4.69, 9.17) is 11.6 Å². The molecule has 0 aliphatic heterocycles. The van der Waals surface area contributed by atoms with Crippen LogP contribution < -0.4 is 0 Å². The fourth-order valence-electron chi connectivity index (χ4n) is 1.44. The van der Waals surface area contributed by atoms with Gasteiger partial charge in [0.2, 0.25) is 0 Å². The van der Waals surface area contributed by atoms with E-state index in [1.54, 1.807) is 6.08 Å². The summed E-state index contributed by atoms with van der Waals surface area (Å²) in [5.41, 5.74) is 1.07. The predicted molar refractivity (Wildman–Crippen MR) is 56.6 cm³/mol. The van der Waals surface area contributed by atoms with Crippen LogP contribution in [0.2, 0.25) is 0 Å². The van der Waals surface area contributed by atoms with Gasteiger partial charge in [0.05, 0.1) is 0 Å². The van der Waals surface area contributed by atoms with Gasteiger partial charge >= 0.3 is 0 Å². The third-order valence-electron chi connectivity index (χ3n) is 2.19. The van der Waals surface area contributed by atoms with Crippen molar-refractivity contribution < 1.29 is 4.39 Å². The molecule has 2 rings (SSSR count). The molecule has 1 aliphatic rings. The van der Waals surface area contributed by atoms with Crippen LogP contribution in [0.15, 0.2) is 54.4 Å². The normalized spacial score (nSPS) is 22.1. The topological polar surface area (TPSA) is 0 Å². The summed E-state index contributed by atoms with van der Waals surface area (Å²) in [5, 5.41) is 0.178. The van der Waals surface area contributed by atoms with Crippen LogP contribution in [0.5, 0.6) is 0 Å². The molecule has 1 atom stereocenters. The van der Waals surface area contributed by atoms with Gasteiger partial charge in [-0.25, -0.2) is 4.39 Å². The van der Waals surface area contributed by atoms with E-state index in [9.17, 15) is 4.39 Å². The van der Waals surface area contributed by atoms with Gasteiger partial charge in [-0.15, -0.1) is 11.6 Å². The molecule has 0 spiro atoms. The summed E-state index contributed by atoms with van der Waals surface area (Å²) < 4.78 is 13.2. The Morgan fingerprint density at radius 3 is 2.50 bits per heavy atom. The molecule has 0 saturated carbocycles. The molecule has 0 N–H and O–H groups in total. The van der Waals surface area contributed by atoms with Gasteiger partial charge in [-0.1, -0.05) is 42.5 Å². The summed E-state index contributed by atoms with van der Waals surface area (Å²) in [5.74, 6) is -0.346. The van der Waals surface area contributed by atoms with Crippen molar-refractivity contribution >= 4 is 11.6 Å². The lowest BCUT2D eigenvalue weighted by Crippen LogP contribution is -1.99. The lowest BCUT2D eigenvalue weighted by atomic mass is 9.94. The molecule has 0 heterocycles. The second-order valence-corrected chi connectivity index (χ2v) is 3.57. The van der Waals surface area contributed by atoms with Crippen LogP contribution in [0.3, 0.4) is 0 Å². The Bertz CT molecular complexity index is 367. The first-order valence-electron chi connectivity index (χ1n) is 4.40. The van der Waals surface area contributed by atoms with Gasteiger partial charge in [0.15, 0.2) is 0 Å². The molecular weight excluding hydrogens is 199 g/mol. The molecule has 0 nitrogen and oxygen atoms in total. The monoisotopic (exact) mass is 207 g/mol. The van der Waals surface area contributed by atoms with Crippen molar-refractivity contribution in [1.82, 2.24) is 0 Å². The largest absolute Gasteiger partial charge is 0.210 e. The average Bonchev–Trinajstić information content (AvgIpc) is 2.23. The number of benzene rings is 1. The number of halogens is 2. The fraction of sp³-hybridized carbons (Fsp3) is 0.0833. The highest BCUT2D eigenvalue weighted by atomic mass is 35.5. The van der Waals surface area contributed by atoms with Crippen LogP contribution in [0.25, 0.3) is 0 Å². The van der Waals surface area contributed by atoms with Crippen molar-refractivity contribution in [3.05, 3.63) is 65.3 Å². The summed E-state index contributed by atoms with van der Waals surface area (Å²) in [7, 11) is 0. The molecule has 1 aromatic carbocycles. The van der Waals surface area contributed by atoms with E-state index >= 15 is 0 Å². The minimum Gasteiger partial charge on any atom is -0.210 e. The van der Waals surface area contributed by atoms with Gasteiger partial charge in [-0.3, -0.25) is 0 Å². The van der Waals surface area contributed by atoms with Gasteiger partial charge in [0.1, 0.15) is 11.2 Å². The Kier molecular flexibility index (Phi) is 2.69. The van der Waals surface area contributed by atoms with Crippen molar-refractivity contribution in [1.29, 1.82) is 0 Å². The molecule has 0 saturated heterocycles. The molecule has 0 bridgehead atoms. The zero-order chi connectivity index (χ0) is 9.97. The molecule has 0 aromatic heterocycles. The Morgan fingerprint density at radius 1 is 1.14 bits per heavy atom. The van der Waals surface area contributed by atoms with Crippen molar-refractivity contribution in [2.45, 2.75) is 5.92 Å². The molecule has 1 unspecified atom stereocenters. The minimum atomic E-state index is -0.344. The predicted octanol–water partition coefficient (Wildman–Crippen LogP) is 3.96. The van der Waals surface area contributed by atoms with Crippen molar-refractivity contribution in [3.8, 4) is 0 Å². The quantitative estimate of drug-likeness (QED) is 0.654. The third-order valence-corrected chi connectivity index (χ3v) is 2.49. The van der Waals surface area contributed by atoms with E-state index in [-0.39, 0.29) is 17.1 Å². The second-order valence-electron chi connectivity index (χ2n) is 3.16. The van der Waals surface area contributed by atoms with Crippen LogP contribution in [-0.2, 0) is 0 Å². The van der Waals surface area contributed by atoms with Crippen molar-refractivity contribution in [3.63, 3.8) is 0 Å². The Morgan fingerprint density at radius 2 is 1.86 bits per heavy atom. The van der Waals surface area contributed by atoms with E-state index in [2.05, 4.69) is 0 Å². The van der Waals surface area contributed by atoms with Gasteiger partial charge in [-0.05, 0) is 11.6 Å². The molecule has 0 amide bonds. The van der Waals surface area contributed by atoms with Gasteiger partial charge in [0.25, 0.3) is 0 Å². The smallest absolute Gasteiger partial charge is 0.143 e. The highest BCUT2D eigenvalue weighted by molar-refractivity contribution is 6.30. The van der Waals surface area contributed by atoms with E-state index in [0.717, 1.165) is 5.56 Å². The molecule has 14 heavy (non-hydrogen) atoms. The maximum absolute atomic E-state index is 13.2. The SMILES string of the molecule is FC1=CC(c2ccccc2)C=C[C]1Cl. The average molecular weight is 208 g/mol. The first-order valence-corrected chi connectivity index (χ1v) is 4.78. The number of hydrogen-bond donors (Lipinski definition) is 0. The number of hydrogen-bond acceptors (Lipinski definition) is 0. The second kappa shape index (κ2) is 3.97. The van der Waals surface area contributed by atoms with Gasteiger partial charge in [-0.2, -0.15) is 0 Å². The van der Waals surface area contributed by atoms with Crippen molar-refractivity contribution in [2.75, 3.05) is 0 Å². The maximum Gasteiger partial charge on any atom is 0.143 e. The number of allylic oxidation sites excluding steroid dienone is 4. The summed E-state index contributed by atoms with van der Waals surface area (Å²) in [6, 6.07) is 9.76. The summed E-state index contributed by atoms with van der Waals surface area (Å²) in [4.78, 5) is 0.